The molecule has 4 heteroatoms. The van der Waals surface area contributed by atoms with Crippen LogP contribution in [-0.2, 0) is 9.53 Å². The second kappa shape index (κ2) is 5.64. The Bertz CT molecular complexity index is 231. The molecule has 0 radical (unpaired) electrons. The van der Waals surface area contributed by atoms with Crippen LogP contribution < -0.4 is 0 Å². The lowest BCUT2D eigenvalue weighted by molar-refractivity contribution is -0.132. The van der Waals surface area contributed by atoms with E-state index in [1.54, 1.807) is 7.11 Å². The summed E-state index contributed by atoms with van der Waals surface area (Å²) in [5, 5.41) is 0. The number of carbonyl (C=O) groups excluding carboxylic acids is 1. The second-order valence-electron chi connectivity index (χ2n) is 4.80. The average molecular weight is 226 g/mol. The zero-order valence-corrected chi connectivity index (χ0v) is 10.2. The number of piperidine rings is 1. The van der Waals surface area contributed by atoms with Gasteiger partial charge in [0.25, 0.3) is 0 Å². The molecule has 2 fully saturated rings. The largest absolute Gasteiger partial charge is 0.381 e. The molecule has 2 aliphatic heterocycles. The molecule has 4 nitrogen and oxygen atoms in total. The zero-order valence-electron chi connectivity index (χ0n) is 10.2. The van der Waals surface area contributed by atoms with Crippen LogP contribution in [0.15, 0.2) is 0 Å². The van der Waals surface area contributed by atoms with Crippen molar-refractivity contribution < 1.29 is 9.53 Å². The molecule has 0 aromatic carbocycles. The van der Waals surface area contributed by atoms with Gasteiger partial charge in [0.15, 0.2) is 0 Å². The number of hydrogen-bond donors (Lipinski definition) is 0. The van der Waals surface area contributed by atoms with E-state index in [4.69, 9.17) is 4.74 Å². The maximum Gasteiger partial charge on any atom is 0.236 e. The molecule has 0 bridgehead atoms. The van der Waals surface area contributed by atoms with Crippen molar-refractivity contribution in [2.24, 2.45) is 0 Å². The molecule has 0 atom stereocenters. The number of methoxy groups -OCH3 is 1. The first-order chi connectivity index (χ1) is 7.79. The fourth-order valence-corrected chi connectivity index (χ4v) is 2.56. The van der Waals surface area contributed by atoms with Crippen LogP contribution in [0.3, 0.4) is 0 Å². The molecule has 2 rings (SSSR count). The fourth-order valence-electron chi connectivity index (χ4n) is 2.56. The first kappa shape index (κ1) is 11.9. The van der Waals surface area contributed by atoms with E-state index < -0.39 is 0 Å². The molecule has 16 heavy (non-hydrogen) atoms. The number of carbonyl (C=O) groups is 1. The van der Waals surface area contributed by atoms with Crippen LogP contribution in [0.1, 0.15) is 25.7 Å². The standard InChI is InChI=1S/C12H22N2O2/c1-16-11-4-8-13(9-5-11)10-12(15)14-6-2-3-7-14/h11H,2-10H2,1H3. The Morgan fingerprint density at radius 2 is 1.81 bits per heavy atom. The van der Waals surface area contributed by atoms with Crippen molar-refractivity contribution in [2.45, 2.75) is 31.8 Å². The molecule has 0 aromatic heterocycles. The van der Waals surface area contributed by atoms with Gasteiger partial charge in [-0.25, -0.2) is 0 Å². The van der Waals surface area contributed by atoms with Crippen molar-refractivity contribution in [1.29, 1.82) is 0 Å². The van der Waals surface area contributed by atoms with E-state index in [0.717, 1.165) is 39.0 Å². The van der Waals surface area contributed by atoms with Crippen LogP contribution in [0.25, 0.3) is 0 Å². The highest BCUT2D eigenvalue weighted by Crippen LogP contribution is 2.14. The molecule has 2 heterocycles. The van der Waals surface area contributed by atoms with Crippen LogP contribution >= 0.6 is 0 Å². The van der Waals surface area contributed by atoms with Gasteiger partial charge in [-0.05, 0) is 25.7 Å². The molecule has 0 N–H and O–H groups in total. The molecular weight excluding hydrogens is 204 g/mol. The first-order valence-electron chi connectivity index (χ1n) is 6.32. The Kier molecular flexibility index (Phi) is 4.18. The number of hydrogen-bond acceptors (Lipinski definition) is 3. The lowest BCUT2D eigenvalue weighted by Gasteiger charge is -2.31. The number of rotatable bonds is 3. The summed E-state index contributed by atoms with van der Waals surface area (Å²) >= 11 is 0. The van der Waals surface area contributed by atoms with Crippen molar-refractivity contribution in [3.05, 3.63) is 0 Å². The summed E-state index contributed by atoms with van der Waals surface area (Å²) in [5.74, 6) is 0.313. The van der Waals surface area contributed by atoms with E-state index in [9.17, 15) is 4.79 Å². The molecule has 92 valence electrons. The molecule has 2 aliphatic rings. The summed E-state index contributed by atoms with van der Waals surface area (Å²) in [5.41, 5.74) is 0. The van der Waals surface area contributed by atoms with Crippen LogP contribution in [-0.4, -0.2) is 61.6 Å². The first-order valence-corrected chi connectivity index (χ1v) is 6.32. The Labute approximate surface area is 97.5 Å². The summed E-state index contributed by atoms with van der Waals surface area (Å²) in [7, 11) is 1.77. The van der Waals surface area contributed by atoms with E-state index in [0.29, 0.717) is 18.6 Å². The van der Waals surface area contributed by atoms with Crippen molar-refractivity contribution in [1.82, 2.24) is 9.80 Å². The lowest BCUT2D eigenvalue weighted by Crippen LogP contribution is -2.43. The maximum absolute atomic E-state index is 11.9. The van der Waals surface area contributed by atoms with Crippen LogP contribution in [0.2, 0.25) is 0 Å². The fraction of sp³-hybridized carbons (Fsp3) is 0.917. The smallest absolute Gasteiger partial charge is 0.236 e. The third-order valence-electron chi connectivity index (χ3n) is 3.69. The van der Waals surface area contributed by atoms with Gasteiger partial charge in [0.1, 0.15) is 0 Å². The third-order valence-corrected chi connectivity index (χ3v) is 3.69. The lowest BCUT2D eigenvalue weighted by atomic mass is 10.1. The Hall–Kier alpha value is -0.610. The van der Waals surface area contributed by atoms with E-state index in [1.807, 2.05) is 4.90 Å². The van der Waals surface area contributed by atoms with Gasteiger partial charge in [0.2, 0.25) is 5.91 Å². The molecule has 0 saturated carbocycles. The molecule has 0 unspecified atom stereocenters. The van der Waals surface area contributed by atoms with Gasteiger partial charge in [0, 0.05) is 33.3 Å². The van der Waals surface area contributed by atoms with E-state index in [-0.39, 0.29) is 0 Å². The summed E-state index contributed by atoms with van der Waals surface area (Å²) in [6.07, 6.45) is 4.88. The maximum atomic E-state index is 11.9. The van der Waals surface area contributed by atoms with Gasteiger partial charge in [-0.1, -0.05) is 0 Å². The number of likely N-dealkylation sites (tertiary alicyclic amines) is 2. The van der Waals surface area contributed by atoms with Gasteiger partial charge < -0.3 is 9.64 Å². The predicted molar refractivity (Wildman–Crippen MR) is 62.3 cm³/mol. The minimum atomic E-state index is 0.313. The molecule has 0 aliphatic carbocycles. The second-order valence-corrected chi connectivity index (χ2v) is 4.80. The zero-order chi connectivity index (χ0) is 11.4. The SMILES string of the molecule is COC1CCN(CC(=O)N2CCCC2)CC1. The van der Waals surface area contributed by atoms with Crippen molar-refractivity contribution in [3.8, 4) is 0 Å². The Morgan fingerprint density at radius 1 is 1.19 bits per heavy atom. The molecular formula is C12H22N2O2. The van der Waals surface area contributed by atoms with Crippen LogP contribution in [0.4, 0.5) is 0 Å². The molecule has 2 saturated heterocycles. The van der Waals surface area contributed by atoms with Gasteiger partial charge >= 0.3 is 0 Å². The number of amides is 1. The molecule has 0 aromatic rings. The summed E-state index contributed by atoms with van der Waals surface area (Å²) in [4.78, 5) is 16.2. The van der Waals surface area contributed by atoms with Crippen molar-refractivity contribution >= 4 is 5.91 Å². The quantitative estimate of drug-likeness (QED) is 0.711. The van der Waals surface area contributed by atoms with Gasteiger partial charge in [-0.15, -0.1) is 0 Å². The normalized spacial score (nSPS) is 23.9. The summed E-state index contributed by atoms with van der Waals surface area (Å²) < 4.78 is 5.32. The van der Waals surface area contributed by atoms with Crippen LogP contribution in [0, 0.1) is 0 Å². The Balaban J connectivity index is 1.71. The van der Waals surface area contributed by atoms with E-state index in [2.05, 4.69) is 4.90 Å². The predicted octanol–water partition coefficient (Wildman–Crippen LogP) is 0.720. The van der Waals surface area contributed by atoms with Crippen LogP contribution in [0.5, 0.6) is 0 Å². The Morgan fingerprint density at radius 3 is 2.38 bits per heavy atom. The number of ether oxygens (including phenoxy) is 1. The highest BCUT2D eigenvalue weighted by molar-refractivity contribution is 5.78. The topological polar surface area (TPSA) is 32.8 Å². The minimum Gasteiger partial charge on any atom is -0.381 e. The number of nitrogens with zero attached hydrogens (tertiary/aromatic N) is 2. The highest BCUT2D eigenvalue weighted by atomic mass is 16.5. The monoisotopic (exact) mass is 226 g/mol. The van der Waals surface area contributed by atoms with E-state index in [1.165, 1.54) is 12.8 Å². The highest BCUT2D eigenvalue weighted by Gasteiger charge is 2.23. The minimum absolute atomic E-state index is 0.313. The molecule has 1 amide bonds. The van der Waals surface area contributed by atoms with Crippen molar-refractivity contribution in [3.63, 3.8) is 0 Å². The van der Waals surface area contributed by atoms with Gasteiger partial charge in [-0.2, -0.15) is 0 Å². The summed E-state index contributed by atoms with van der Waals surface area (Å²) in [6.45, 7) is 4.54. The molecule has 0 spiro atoms. The van der Waals surface area contributed by atoms with Gasteiger partial charge in [-0.3, -0.25) is 9.69 Å². The van der Waals surface area contributed by atoms with E-state index >= 15 is 0 Å². The summed E-state index contributed by atoms with van der Waals surface area (Å²) in [6, 6.07) is 0. The average Bonchev–Trinajstić information content (AvgIpc) is 2.83. The third kappa shape index (κ3) is 2.95. The van der Waals surface area contributed by atoms with Crippen molar-refractivity contribution in [2.75, 3.05) is 39.8 Å². The van der Waals surface area contributed by atoms with Gasteiger partial charge in [0.05, 0.1) is 12.6 Å².